The van der Waals surface area contributed by atoms with Crippen molar-refractivity contribution >= 4 is 11.8 Å². The lowest BCUT2D eigenvalue weighted by Crippen LogP contribution is -2.37. The van der Waals surface area contributed by atoms with Gasteiger partial charge in [-0.15, -0.1) is 5.10 Å². The van der Waals surface area contributed by atoms with Gasteiger partial charge < -0.3 is 19.9 Å². The number of carbonyl (C=O) groups is 2. The van der Waals surface area contributed by atoms with Crippen LogP contribution in [-0.2, 0) is 9.53 Å². The van der Waals surface area contributed by atoms with Gasteiger partial charge in [0, 0.05) is 39.3 Å². The fourth-order valence-electron chi connectivity index (χ4n) is 6.66. The molecule has 3 aliphatic heterocycles. The zero-order chi connectivity index (χ0) is 29.4. The highest BCUT2D eigenvalue weighted by Gasteiger charge is 2.42. The molecule has 5 heterocycles. The lowest BCUT2D eigenvalue weighted by atomic mass is 10.0. The van der Waals surface area contributed by atoms with Crippen molar-refractivity contribution in [2.75, 3.05) is 45.9 Å². The highest BCUT2D eigenvalue weighted by Crippen LogP contribution is 2.33. The van der Waals surface area contributed by atoms with Crippen LogP contribution in [0.1, 0.15) is 51.9 Å². The lowest BCUT2D eigenvalue weighted by Gasteiger charge is -2.25. The Morgan fingerprint density at radius 2 is 1.86 bits per heavy atom. The van der Waals surface area contributed by atoms with E-state index in [1.54, 1.807) is 10.7 Å². The van der Waals surface area contributed by atoms with Gasteiger partial charge in [-0.3, -0.25) is 9.59 Å². The van der Waals surface area contributed by atoms with Crippen LogP contribution in [0, 0.1) is 44.3 Å². The molecule has 4 atom stereocenters. The first-order valence-electron chi connectivity index (χ1n) is 14.8. The van der Waals surface area contributed by atoms with Gasteiger partial charge in [-0.2, -0.15) is 10.2 Å². The van der Waals surface area contributed by atoms with Crippen LogP contribution in [0.4, 0.5) is 4.39 Å². The molecule has 10 nitrogen and oxygen atoms in total. The van der Waals surface area contributed by atoms with Gasteiger partial charge in [-0.05, 0) is 75.3 Å². The molecule has 0 spiro atoms. The molecule has 1 N–H and O–H groups in total. The fraction of sp³-hybridized carbons (Fsp3) is 0.516. The van der Waals surface area contributed by atoms with E-state index in [1.807, 2.05) is 43.9 Å². The number of benzene rings is 1. The van der Waals surface area contributed by atoms with E-state index in [0.29, 0.717) is 68.1 Å². The van der Waals surface area contributed by atoms with Gasteiger partial charge in [0.1, 0.15) is 5.82 Å². The smallest absolute Gasteiger partial charge is 0.257 e. The van der Waals surface area contributed by atoms with Crippen LogP contribution >= 0.6 is 0 Å². The van der Waals surface area contributed by atoms with E-state index in [0.717, 1.165) is 36.6 Å². The van der Waals surface area contributed by atoms with Crippen LogP contribution in [0.25, 0.3) is 5.82 Å². The van der Waals surface area contributed by atoms with Crippen molar-refractivity contribution in [2.24, 2.45) is 17.8 Å². The summed E-state index contributed by atoms with van der Waals surface area (Å²) >= 11 is 0. The average molecular weight is 576 g/mol. The molecular weight excluding hydrogens is 537 g/mol. The Morgan fingerprint density at radius 1 is 1.07 bits per heavy atom. The van der Waals surface area contributed by atoms with Crippen LogP contribution in [-0.4, -0.2) is 87.5 Å². The number of ether oxygens (including phenoxy) is 1. The number of carbonyl (C=O) groups excluding carboxylic acids is 2. The molecule has 3 fully saturated rings. The molecule has 11 heteroatoms. The number of aromatic nitrogens is 4. The Hall–Kier alpha value is -3.70. The fourth-order valence-corrected chi connectivity index (χ4v) is 6.66. The third kappa shape index (κ3) is 5.80. The number of halogens is 1. The average Bonchev–Trinajstić information content (AvgIpc) is 3.76. The molecule has 222 valence electrons. The summed E-state index contributed by atoms with van der Waals surface area (Å²) in [5.41, 5.74) is 3.69. The first kappa shape index (κ1) is 28.4. The first-order chi connectivity index (χ1) is 20.3. The Labute approximate surface area is 245 Å². The topological polar surface area (TPSA) is 105 Å². The Bertz CT molecular complexity index is 1440. The summed E-state index contributed by atoms with van der Waals surface area (Å²) in [6.45, 7) is 10.7. The third-order valence-electron chi connectivity index (χ3n) is 8.96. The number of aryl methyl sites for hydroxylation is 2. The quantitative estimate of drug-likeness (QED) is 0.440. The molecular formula is C31H38FN7O3. The molecule has 4 unspecified atom stereocenters. The standard InChI is InChI=1S/C31H38FN7O3/c1-19-7-8-28(35-34-19)39-21(3)29(20(2)36-39)31(41)38-16-24-14-37(15-25(24)17-38)11-9-27(22-5-4-6-26(32)13-22)33-30(40)23-10-12-42-18-23/h4-8,13,23-25,27H,9-12,14-18H2,1-3H3,(H,33,40). The highest BCUT2D eigenvalue weighted by atomic mass is 19.1. The van der Waals surface area contributed by atoms with Gasteiger partial charge in [0.05, 0.1) is 41.2 Å². The highest BCUT2D eigenvalue weighted by molar-refractivity contribution is 5.96. The van der Waals surface area contributed by atoms with Crippen molar-refractivity contribution in [1.29, 1.82) is 0 Å². The van der Waals surface area contributed by atoms with E-state index in [4.69, 9.17) is 4.74 Å². The number of rotatable bonds is 8. The summed E-state index contributed by atoms with van der Waals surface area (Å²) in [6, 6.07) is 9.97. The maximum Gasteiger partial charge on any atom is 0.257 e. The number of nitrogens with zero attached hydrogens (tertiary/aromatic N) is 6. The van der Waals surface area contributed by atoms with Crippen molar-refractivity contribution in [3.05, 3.63) is 70.4 Å². The van der Waals surface area contributed by atoms with Gasteiger partial charge in [-0.1, -0.05) is 12.1 Å². The molecule has 0 radical (unpaired) electrons. The normalized spacial score (nSPS) is 22.9. The van der Waals surface area contributed by atoms with Crippen molar-refractivity contribution in [3.8, 4) is 5.82 Å². The summed E-state index contributed by atoms with van der Waals surface area (Å²) in [7, 11) is 0. The second-order valence-corrected chi connectivity index (χ2v) is 11.9. The van der Waals surface area contributed by atoms with E-state index < -0.39 is 0 Å². The SMILES string of the molecule is Cc1ccc(-n2nc(C)c(C(=O)N3CC4CN(CCC(NC(=O)C5CCOC5)c5cccc(F)c5)CC4C3)c2C)nn1. The van der Waals surface area contributed by atoms with Crippen LogP contribution < -0.4 is 5.32 Å². The molecule has 3 saturated heterocycles. The molecule has 0 saturated carbocycles. The van der Waals surface area contributed by atoms with E-state index in [2.05, 4.69) is 25.5 Å². The van der Waals surface area contributed by atoms with Crippen molar-refractivity contribution in [1.82, 2.24) is 35.1 Å². The second-order valence-electron chi connectivity index (χ2n) is 11.9. The Kier molecular flexibility index (Phi) is 8.04. The van der Waals surface area contributed by atoms with Gasteiger partial charge in [0.2, 0.25) is 5.91 Å². The van der Waals surface area contributed by atoms with Gasteiger partial charge in [0.15, 0.2) is 5.82 Å². The van der Waals surface area contributed by atoms with Crippen LogP contribution in [0.5, 0.6) is 0 Å². The number of hydrogen-bond acceptors (Lipinski definition) is 7. The monoisotopic (exact) mass is 575 g/mol. The largest absolute Gasteiger partial charge is 0.381 e. The summed E-state index contributed by atoms with van der Waals surface area (Å²) < 4.78 is 21.1. The number of amides is 2. The van der Waals surface area contributed by atoms with Crippen LogP contribution in [0.3, 0.4) is 0 Å². The van der Waals surface area contributed by atoms with Gasteiger partial charge in [-0.25, -0.2) is 9.07 Å². The van der Waals surface area contributed by atoms with Crippen molar-refractivity contribution in [2.45, 2.75) is 39.7 Å². The second kappa shape index (κ2) is 11.9. The zero-order valence-corrected chi connectivity index (χ0v) is 24.4. The maximum atomic E-state index is 14.1. The van der Waals surface area contributed by atoms with Gasteiger partial charge >= 0.3 is 0 Å². The van der Waals surface area contributed by atoms with Crippen LogP contribution in [0.2, 0.25) is 0 Å². The number of likely N-dealkylation sites (tertiary alicyclic amines) is 2. The Morgan fingerprint density at radius 3 is 2.52 bits per heavy atom. The van der Waals surface area contributed by atoms with E-state index in [-0.39, 0.29) is 29.6 Å². The van der Waals surface area contributed by atoms with E-state index >= 15 is 0 Å². The maximum absolute atomic E-state index is 14.1. The Balaban J connectivity index is 1.07. The van der Waals surface area contributed by atoms with E-state index in [9.17, 15) is 14.0 Å². The molecule has 0 aliphatic carbocycles. The molecule has 1 aromatic carbocycles. The van der Waals surface area contributed by atoms with E-state index in [1.165, 1.54) is 12.1 Å². The minimum absolute atomic E-state index is 0.0158. The summed E-state index contributed by atoms with van der Waals surface area (Å²) in [4.78, 5) is 30.9. The molecule has 3 aromatic rings. The zero-order valence-electron chi connectivity index (χ0n) is 24.4. The lowest BCUT2D eigenvalue weighted by molar-refractivity contribution is -0.125. The number of hydrogen-bond donors (Lipinski definition) is 1. The minimum Gasteiger partial charge on any atom is -0.381 e. The summed E-state index contributed by atoms with van der Waals surface area (Å²) in [5.74, 6) is 0.910. The van der Waals surface area contributed by atoms with Crippen molar-refractivity contribution in [3.63, 3.8) is 0 Å². The minimum atomic E-state index is -0.306. The van der Waals surface area contributed by atoms with Gasteiger partial charge in [0.25, 0.3) is 5.91 Å². The predicted molar refractivity (Wildman–Crippen MR) is 154 cm³/mol. The molecule has 6 rings (SSSR count). The van der Waals surface area contributed by atoms with Crippen LogP contribution in [0.15, 0.2) is 36.4 Å². The molecule has 2 amide bonds. The number of fused-ring (bicyclic) bond motifs is 1. The third-order valence-corrected chi connectivity index (χ3v) is 8.96. The summed E-state index contributed by atoms with van der Waals surface area (Å²) in [5, 5.41) is 16.1. The molecule has 42 heavy (non-hydrogen) atoms. The number of nitrogens with one attached hydrogen (secondary N) is 1. The predicted octanol–water partition coefficient (Wildman–Crippen LogP) is 3.01. The molecule has 2 aromatic heterocycles. The molecule has 3 aliphatic rings. The molecule has 0 bridgehead atoms. The summed E-state index contributed by atoms with van der Waals surface area (Å²) in [6.07, 6.45) is 1.40. The van der Waals surface area contributed by atoms with Crippen molar-refractivity contribution < 1.29 is 18.7 Å². The first-order valence-corrected chi connectivity index (χ1v) is 14.8.